The van der Waals surface area contributed by atoms with Crippen LogP contribution in [0.5, 0.6) is 0 Å². The number of amides is 2. The van der Waals surface area contributed by atoms with Gasteiger partial charge >= 0.3 is 0 Å². The molecule has 0 aromatic heterocycles. The van der Waals surface area contributed by atoms with Gasteiger partial charge in [0.25, 0.3) is 11.8 Å². The predicted molar refractivity (Wildman–Crippen MR) is 110 cm³/mol. The van der Waals surface area contributed by atoms with E-state index in [0.717, 1.165) is 50.5 Å². The molecule has 0 aliphatic carbocycles. The topological polar surface area (TPSA) is 73.9 Å². The van der Waals surface area contributed by atoms with Gasteiger partial charge in [-0.25, -0.2) is 0 Å². The van der Waals surface area contributed by atoms with E-state index >= 15 is 0 Å². The molecule has 7 nitrogen and oxygen atoms in total. The van der Waals surface area contributed by atoms with E-state index in [4.69, 9.17) is 4.74 Å². The summed E-state index contributed by atoms with van der Waals surface area (Å²) in [5, 5.41) is 6.36. The highest BCUT2D eigenvalue weighted by atomic mass is 16.5. The number of anilines is 2. The number of benzene rings is 2. The Morgan fingerprint density at radius 3 is 2.48 bits per heavy atom. The van der Waals surface area contributed by atoms with E-state index in [1.165, 1.54) is 0 Å². The van der Waals surface area contributed by atoms with Crippen molar-refractivity contribution in [2.24, 2.45) is 0 Å². The molecule has 3 heterocycles. The molecule has 150 valence electrons. The monoisotopic (exact) mass is 392 g/mol. The molecule has 1 fully saturated rings. The van der Waals surface area contributed by atoms with Gasteiger partial charge < -0.3 is 20.3 Å². The van der Waals surface area contributed by atoms with E-state index in [1.807, 2.05) is 48.5 Å². The van der Waals surface area contributed by atoms with Gasteiger partial charge in [0.15, 0.2) is 0 Å². The standard InChI is InChI=1S/C22H24N4O3/c27-20-16-6-1-3-8-18(16)24-22(17-7-2-4-9-19(17)23-21(22)28)26(20)11-5-10-25-12-14-29-15-13-25/h1-4,6-9,24H,5,10-15H2,(H,23,28)/t22-/m0/s1. The molecule has 0 unspecified atom stereocenters. The Morgan fingerprint density at radius 2 is 1.66 bits per heavy atom. The lowest BCUT2D eigenvalue weighted by atomic mass is 9.92. The quantitative estimate of drug-likeness (QED) is 0.834. The maximum absolute atomic E-state index is 13.5. The van der Waals surface area contributed by atoms with Gasteiger partial charge in [-0.1, -0.05) is 30.3 Å². The molecule has 0 saturated carbocycles. The van der Waals surface area contributed by atoms with Crippen LogP contribution in [0.25, 0.3) is 0 Å². The third-order valence-electron chi connectivity index (χ3n) is 5.98. The lowest BCUT2D eigenvalue weighted by Gasteiger charge is -2.45. The van der Waals surface area contributed by atoms with Crippen LogP contribution in [0.2, 0.25) is 0 Å². The van der Waals surface area contributed by atoms with Gasteiger partial charge in [-0.05, 0) is 24.6 Å². The van der Waals surface area contributed by atoms with Crippen LogP contribution in [0.4, 0.5) is 11.4 Å². The number of carbonyl (C=O) groups excluding carboxylic acids is 2. The molecule has 0 radical (unpaired) electrons. The summed E-state index contributed by atoms with van der Waals surface area (Å²) < 4.78 is 5.41. The van der Waals surface area contributed by atoms with Crippen molar-refractivity contribution in [3.05, 3.63) is 59.7 Å². The fraction of sp³-hybridized carbons (Fsp3) is 0.364. The first kappa shape index (κ1) is 18.1. The van der Waals surface area contributed by atoms with Gasteiger partial charge in [0.2, 0.25) is 5.66 Å². The number of carbonyl (C=O) groups is 2. The Morgan fingerprint density at radius 1 is 0.931 bits per heavy atom. The van der Waals surface area contributed by atoms with Crippen LogP contribution in [0.3, 0.4) is 0 Å². The van der Waals surface area contributed by atoms with Crippen molar-refractivity contribution >= 4 is 23.2 Å². The minimum atomic E-state index is -1.22. The highest BCUT2D eigenvalue weighted by Gasteiger charge is 2.56. The smallest absolute Gasteiger partial charge is 0.276 e. The van der Waals surface area contributed by atoms with Gasteiger partial charge in [0.05, 0.1) is 18.8 Å². The van der Waals surface area contributed by atoms with Crippen LogP contribution < -0.4 is 10.6 Å². The average Bonchev–Trinajstić information content (AvgIpc) is 3.03. The van der Waals surface area contributed by atoms with Gasteiger partial charge in [0.1, 0.15) is 0 Å². The summed E-state index contributed by atoms with van der Waals surface area (Å²) in [4.78, 5) is 30.8. The number of morpholine rings is 1. The number of fused-ring (bicyclic) bond motifs is 3. The molecule has 1 spiro atoms. The molecule has 3 aliphatic rings. The van der Waals surface area contributed by atoms with E-state index in [0.29, 0.717) is 17.8 Å². The number of nitrogens with zero attached hydrogens (tertiary/aromatic N) is 2. The SMILES string of the molecule is O=C1c2ccccc2N[C@]2(C(=O)Nc3ccccc32)N1CCCN1CCOCC1. The Kier molecular flexibility index (Phi) is 4.49. The van der Waals surface area contributed by atoms with E-state index in [9.17, 15) is 9.59 Å². The molecule has 3 aliphatic heterocycles. The van der Waals surface area contributed by atoms with Crippen molar-refractivity contribution in [2.45, 2.75) is 12.1 Å². The first-order chi connectivity index (χ1) is 14.2. The highest BCUT2D eigenvalue weighted by molar-refractivity contribution is 6.14. The molecular weight excluding hydrogens is 368 g/mol. The second-order valence-corrected chi connectivity index (χ2v) is 7.65. The molecule has 7 heteroatoms. The summed E-state index contributed by atoms with van der Waals surface area (Å²) in [5.74, 6) is -0.332. The molecule has 29 heavy (non-hydrogen) atoms. The zero-order chi connectivity index (χ0) is 19.8. The summed E-state index contributed by atoms with van der Waals surface area (Å²) >= 11 is 0. The minimum Gasteiger partial charge on any atom is -0.379 e. The molecule has 1 atom stereocenters. The van der Waals surface area contributed by atoms with Crippen LogP contribution in [0, 0.1) is 0 Å². The third-order valence-corrected chi connectivity index (χ3v) is 5.98. The van der Waals surface area contributed by atoms with Crippen molar-refractivity contribution in [3.63, 3.8) is 0 Å². The lowest BCUT2D eigenvalue weighted by Crippen LogP contribution is -2.61. The molecule has 2 aromatic rings. The molecular formula is C22H24N4O3. The maximum atomic E-state index is 13.5. The van der Waals surface area contributed by atoms with Crippen LogP contribution >= 0.6 is 0 Å². The summed E-state index contributed by atoms with van der Waals surface area (Å²) in [6.07, 6.45) is 0.785. The maximum Gasteiger partial charge on any atom is 0.276 e. The normalized spacial score (nSPS) is 23.5. The van der Waals surface area contributed by atoms with Gasteiger partial charge in [0, 0.05) is 43.1 Å². The van der Waals surface area contributed by atoms with Crippen molar-refractivity contribution in [3.8, 4) is 0 Å². The van der Waals surface area contributed by atoms with Gasteiger partial charge in [-0.15, -0.1) is 0 Å². The second-order valence-electron chi connectivity index (χ2n) is 7.65. The van der Waals surface area contributed by atoms with E-state index in [1.54, 1.807) is 4.90 Å². The van der Waals surface area contributed by atoms with Crippen LogP contribution in [0.1, 0.15) is 22.3 Å². The molecule has 5 rings (SSSR count). The Bertz CT molecular complexity index is 957. The number of para-hydroxylation sites is 2. The molecule has 2 N–H and O–H groups in total. The van der Waals surface area contributed by atoms with Crippen molar-refractivity contribution in [1.29, 1.82) is 0 Å². The molecule has 2 amide bonds. The second kappa shape index (κ2) is 7.17. The average molecular weight is 392 g/mol. The fourth-order valence-electron chi connectivity index (χ4n) is 4.52. The van der Waals surface area contributed by atoms with Gasteiger partial charge in [-0.3, -0.25) is 14.5 Å². The summed E-state index contributed by atoms with van der Waals surface area (Å²) in [6, 6.07) is 15.0. The lowest BCUT2D eigenvalue weighted by molar-refractivity contribution is -0.125. The summed E-state index contributed by atoms with van der Waals surface area (Å²) in [6.45, 7) is 4.66. The number of hydrogen-bond acceptors (Lipinski definition) is 5. The first-order valence-electron chi connectivity index (χ1n) is 10.1. The fourth-order valence-corrected chi connectivity index (χ4v) is 4.52. The third kappa shape index (κ3) is 2.89. The van der Waals surface area contributed by atoms with Crippen molar-refractivity contribution in [1.82, 2.24) is 9.80 Å². The number of rotatable bonds is 4. The van der Waals surface area contributed by atoms with E-state index in [-0.39, 0.29) is 11.8 Å². The zero-order valence-electron chi connectivity index (χ0n) is 16.2. The van der Waals surface area contributed by atoms with Crippen LogP contribution in [0.15, 0.2) is 48.5 Å². The van der Waals surface area contributed by atoms with Crippen molar-refractivity contribution < 1.29 is 14.3 Å². The summed E-state index contributed by atoms with van der Waals surface area (Å²) in [5.41, 5.74) is 1.61. The van der Waals surface area contributed by atoms with E-state index in [2.05, 4.69) is 15.5 Å². The Balaban J connectivity index is 1.49. The molecule has 0 bridgehead atoms. The zero-order valence-corrected chi connectivity index (χ0v) is 16.2. The highest BCUT2D eigenvalue weighted by Crippen LogP contribution is 2.45. The van der Waals surface area contributed by atoms with E-state index < -0.39 is 5.66 Å². The largest absolute Gasteiger partial charge is 0.379 e. The molecule has 1 saturated heterocycles. The Hall–Kier alpha value is -2.90. The predicted octanol–water partition coefficient (Wildman–Crippen LogP) is 2.08. The van der Waals surface area contributed by atoms with Crippen LogP contribution in [-0.2, 0) is 15.2 Å². The van der Waals surface area contributed by atoms with Crippen molar-refractivity contribution in [2.75, 3.05) is 50.0 Å². The molecule has 2 aromatic carbocycles. The number of ether oxygens (including phenoxy) is 1. The first-order valence-corrected chi connectivity index (χ1v) is 10.1. The number of nitrogens with one attached hydrogen (secondary N) is 2. The van der Waals surface area contributed by atoms with Gasteiger partial charge in [-0.2, -0.15) is 0 Å². The number of hydrogen-bond donors (Lipinski definition) is 2. The Labute approximate surface area is 169 Å². The minimum absolute atomic E-state index is 0.117. The summed E-state index contributed by atoms with van der Waals surface area (Å²) in [7, 11) is 0. The van der Waals surface area contributed by atoms with Crippen LogP contribution in [-0.4, -0.2) is 61.0 Å².